The van der Waals surface area contributed by atoms with Crippen LogP contribution in [-0.4, -0.2) is 43.1 Å². The highest BCUT2D eigenvalue weighted by Gasteiger charge is 2.30. The maximum Gasteiger partial charge on any atom is 0.205 e. The van der Waals surface area contributed by atoms with Gasteiger partial charge in [0.25, 0.3) is 0 Å². The van der Waals surface area contributed by atoms with Gasteiger partial charge in [-0.1, -0.05) is 5.21 Å². The summed E-state index contributed by atoms with van der Waals surface area (Å²) in [6.45, 7) is 1.96. The quantitative estimate of drug-likeness (QED) is 0.910. The number of hydrogen-bond acceptors (Lipinski definition) is 7. The first-order valence-electron chi connectivity index (χ1n) is 6.72. The number of aromatic nitrogens is 6. The molecule has 0 spiro atoms. The Kier molecular flexibility index (Phi) is 2.68. The average Bonchev–Trinajstić information content (AvgIpc) is 2.97. The van der Waals surface area contributed by atoms with Crippen LogP contribution in [0, 0.1) is 0 Å². The molecule has 1 saturated heterocycles. The highest BCUT2D eigenvalue weighted by Crippen LogP contribution is 2.40. The van der Waals surface area contributed by atoms with Crippen molar-refractivity contribution in [3.63, 3.8) is 0 Å². The number of H-pyrrole nitrogens is 1. The zero-order chi connectivity index (χ0) is 12.7. The summed E-state index contributed by atoms with van der Waals surface area (Å²) < 4.78 is 4.48. The highest BCUT2D eigenvalue weighted by atomic mass is 32.1. The second-order valence-corrected chi connectivity index (χ2v) is 5.99. The minimum Gasteiger partial charge on any atom is -0.346 e. The van der Waals surface area contributed by atoms with Crippen molar-refractivity contribution in [3.05, 3.63) is 11.6 Å². The largest absolute Gasteiger partial charge is 0.346 e. The van der Waals surface area contributed by atoms with E-state index >= 15 is 0 Å². The lowest BCUT2D eigenvalue weighted by Gasteiger charge is -2.30. The summed E-state index contributed by atoms with van der Waals surface area (Å²) in [6.07, 6.45) is 4.76. The van der Waals surface area contributed by atoms with Crippen LogP contribution in [0.2, 0.25) is 0 Å². The van der Waals surface area contributed by atoms with Gasteiger partial charge in [-0.3, -0.25) is 0 Å². The van der Waals surface area contributed by atoms with Gasteiger partial charge in [0.1, 0.15) is 5.82 Å². The summed E-state index contributed by atoms with van der Waals surface area (Å²) in [5.74, 6) is 2.84. The smallest absolute Gasteiger partial charge is 0.205 e. The number of nitrogens with one attached hydrogen (secondary N) is 1. The lowest BCUT2D eigenvalue weighted by atomic mass is 9.98. The minimum atomic E-state index is 0.348. The molecule has 2 aromatic rings. The van der Waals surface area contributed by atoms with E-state index in [0.717, 1.165) is 42.7 Å². The molecule has 0 aromatic carbocycles. The van der Waals surface area contributed by atoms with E-state index in [4.69, 9.17) is 0 Å². The lowest BCUT2D eigenvalue weighted by Crippen LogP contribution is -2.34. The molecule has 1 atom stereocenters. The predicted octanol–water partition coefficient (Wildman–Crippen LogP) is 1.31. The van der Waals surface area contributed by atoms with Gasteiger partial charge in [-0.15, -0.1) is 10.2 Å². The molecule has 1 saturated carbocycles. The van der Waals surface area contributed by atoms with Gasteiger partial charge in [0, 0.05) is 36.5 Å². The Morgan fingerprint density at radius 2 is 2.11 bits per heavy atom. The number of anilines is 1. The predicted molar refractivity (Wildman–Crippen MR) is 70.2 cm³/mol. The maximum atomic E-state index is 4.68. The number of piperidine rings is 1. The Hall–Kier alpha value is -1.57. The van der Waals surface area contributed by atoms with Gasteiger partial charge in [0.15, 0.2) is 5.82 Å². The Labute approximate surface area is 114 Å². The number of hydrogen-bond donors (Lipinski definition) is 1. The second kappa shape index (κ2) is 4.52. The molecular formula is C11H15N7S. The van der Waals surface area contributed by atoms with Crippen LogP contribution in [0.4, 0.5) is 5.13 Å². The molecule has 0 amide bonds. The van der Waals surface area contributed by atoms with E-state index in [1.807, 2.05) is 0 Å². The van der Waals surface area contributed by atoms with Crippen LogP contribution in [0.15, 0.2) is 0 Å². The zero-order valence-corrected chi connectivity index (χ0v) is 11.3. The Morgan fingerprint density at radius 1 is 1.16 bits per heavy atom. The van der Waals surface area contributed by atoms with Crippen LogP contribution in [0.3, 0.4) is 0 Å². The van der Waals surface area contributed by atoms with Gasteiger partial charge < -0.3 is 4.90 Å². The first-order chi connectivity index (χ1) is 9.40. The molecule has 4 rings (SSSR count). The third-order valence-corrected chi connectivity index (χ3v) is 4.58. The average molecular weight is 277 g/mol. The van der Waals surface area contributed by atoms with E-state index in [-0.39, 0.29) is 0 Å². The van der Waals surface area contributed by atoms with E-state index in [0.29, 0.717) is 11.8 Å². The summed E-state index contributed by atoms with van der Waals surface area (Å²) in [6, 6.07) is 0. The van der Waals surface area contributed by atoms with Crippen molar-refractivity contribution < 1.29 is 0 Å². The van der Waals surface area contributed by atoms with E-state index in [2.05, 4.69) is 34.9 Å². The third-order valence-electron chi connectivity index (χ3n) is 3.79. The molecular weight excluding hydrogens is 262 g/mol. The van der Waals surface area contributed by atoms with Crippen molar-refractivity contribution in [2.24, 2.45) is 0 Å². The molecule has 2 aliphatic rings. The Morgan fingerprint density at radius 3 is 2.89 bits per heavy atom. The standard InChI is InChI=1S/C11H15N7S/c1-2-8(10-13-16-17-14-10)6-18(5-1)11-12-9(15-19-11)7-3-4-7/h7-8H,1-6H2,(H,13,14,16,17)/t8-/m0/s1. The van der Waals surface area contributed by atoms with Crippen molar-refractivity contribution in [2.75, 3.05) is 18.0 Å². The van der Waals surface area contributed by atoms with E-state index in [1.165, 1.54) is 24.4 Å². The maximum absolute atomic E-state index is 4.68. The van der Waals surface area contributed by atoms with E-state index in [1.54, 1.807) is 0 Å². The van der Waals surface area contributed by atoms with Crippen LogP contribution >= 0.6 is 11.5 Å². The SMILES string of the molecule is C1C[C@H](c2nn[nH]n2)CN(c2nc(C3CC3)ns2)C1. The summed E-state index contributed by atoms with van der Waals surface area (Å²) in [5, 5.41) is 15.4. The topological polar surface area (TPSA) is 83.5 Å². The monoisotopic (exact) mass is 277 g/mol. The Balaban J connectivity index is 1.50. The van der Waals surface area contributed by atoms with Gasteiger partial charge >= 0.3 is 0 Å². The van der Waals surface area contributed by atoms with E-state index in [9.17, 15) is 0 Å². The molecule has 8 heteroatoms. The van der Waals surface area contributed by atoms with Crippen molar-refractivity contribution in [1.82, 2.24) is 30.0 Å². The van der Waals surface area contributed by atoms with Crippen molar-refractivity contribution in [1.29, 1.82) is 0 Å². The fraction of sp³-hybridized carbons (Fsp3) is 0.727. The fourth-order valence-corrected chi connectivity index (χ4v) is 3.35. The molecule has 0 unspecified atom stereocenters. The van der Waals surface area contributed by atoms with Crippen LogP contribution in [0.1, 0.15) is 49.2 Å². The fourth-order valence-electron chi connectivity index (χ4n) is 2.57. The molecule has 19 heavy (non-hydrogen) atoms. The Bertz CT molecular complexity index is 547. The van der Waals surface area contributed by atoms with Crippen LogP contribution in [0.25, 0.3) is 0 Å². The summed E-state index contributed by atoms with van der Waals surface area (Å²) in [7, 11) is 0. The van der Waals surface area contributed by atoms with Crippen LogP contribution < -0.4 is 4.90 Å². The number of tetrazole rings is 1. The molecule has 1 aliphatic carbocycles. The molecule has 2 aromatic heterocycles. The highest BCUT2D eigenvalue weighted by molar-refractivity contribution is 7.09. The molecule has 100 valence electrons. The van der Waals surface area contributed by atoms with Gasteiger partial charge in [-0.25, -0.2) is 4.98 Å². The van der Waals surface area contributed by atoms with Crippen molar-refractivity contribution in [3.8, 4) is 0 Å². The molecule has 3 heterocycles. The zero-order valence-electron chi connectivity index (χ0n) is 10.5. The number of aromatic amines is 1. The molecule has 1 aliphatic heterocycles. The van der Waals surface area contributed by atoms with Gasteiger partial charge in [-0.2, -0.15) is 9.59 Å². The lowest BCUT2D eigenvalue weighted by molar-refractivity contribution is 0.491. The third kappa shape index (κ3) is 2.20. The normalized spacial score (nSPS) is 23.8. The molecule has 2 fully saturated rings. The van der Waals surface area contributed by atoms with Gasteiger partial charge in [0.2, 0.25) is 5.13 Å². The van der Waals surface area contributed by atoms with Gasteiger partial charge in [-0.05, 0) is 25.7 Å². The second-order valence-electron chi connectivity index (χ2n) is 5.26. The van der Waals surface area contributed by atoms with E-state index < -0.39 is 0 Å². The van der Waals surface area contributed by atoms with Crippen LogP contribution in [0.5, 0.6) is 0 Å². The van der Waals surface area contributed by atoms with Crippen LogP contribution in [-0.2, 0) is 0 Å². The summed E-state index contributed by atoms with van der Waals surface area (Å²) in [5.41, 5.74) is 0. The summed E-state index contributed by atoms with van der Waals surface area (Å²) in [4.78, 5) is 6.99. The first kappa shape index (κ1) is 11.3. The number of rotatable bonds is 3. The molecule has 0 radical (unpaired) electrons. The van der Waals surface area contributed by atoms with Gasteiger partial charge in [0.05, 0.1) is 0 Å². The molecule has 0 bridgehead atoms. The summed E-state index contributed by atoms with van der Waals surface area (Å²) >= 11 is 1.52. The van der Waals surface area contributed by atoms with Crippen molar-refractivity contribution >= 4 is 16.7 Å². The number of nitrogens with zero attached hydrogens (tertiary/aromatic N) is 6. The van der Waals surface area contributed by atoms with Crippen molar-refractivity contribution in [2.45, 2.75) is 37.5 Å². The molecule has 7 nitrogen and oxygen atoms in total. The first-order valence-corrected chi connectivity index (χ1v) is 7.49. The minimum absolute atomic E-state index is 0.348. The molecule has 1 N–H and O–H groups in total.